The monoisotopic (exact) mass is 507 g/mol. The summed E-state index contributed by atoms with van der Waals surface area (Å²) in [5, 5.41) is 7.90. The Hall–Kier alpha value is -3.89. The van der Waals surface area contributed by atoms with Crippen molar-refractivity contribution in [3.63, 3.8) is 0 Å². The molecule has 36 heavy (non-hydrogen) atoms. The molecule has 0 radical (unpaired) electrons. The van der Waals surface area contributed by atoms with Gasteiger partial charge in [-0.3, -0.25) is 9.48 Å². The number of aromatic nitrogens is 5. The zero-order valence-corrected chi connectivity index (χ0v) is 20.9. The van der Waals surface area contributed by atoms with E-state index in [1.165, 1.54) is 0 Å². The van der Waals surface area contributed by atoms with Crippen molar-refractivity contribution in [2.45, 2.75) is 19.1 Å². The van der Waals surface area contributed by atoms with Gasteiger partial charge < -0.3 is 24.3 Å². The summed E-state index contributed by atoms with van der Waals surface area (Å²) in [5.74, 6) is 1.82. The Morgan fingerprint density at radius 3 is 2.81 bits per heavy atom. The number of nitrogens with zero attached hydrogens (tertiary/aromatic N) is 6. The van der Waals surface area contributed by atoms with Crippen molar-refractivity contribution in [1.82, 2.24) is 29.2 Å². The molecular formula is C25H26ClN7O3. The van der Waals surface area contributed by atoms with Crippen LogP contribution in [0.15, 0.2) is 55.1 Å². The van der Waals surface area contributed by atoms with E-state index in [1.54, 1.807) is 37.5 Å². The molecule has 0 saturated carbocycles. The van der Waals surface area contributed by atoms with Gasteiger partial charge in [-0.25, -0.2) is 9.97 Å². The summed E-state index contributed by atoms with van der Waals surface area (Å²) in [7, 11) is 5.05. The fourth-order valence-corrected chi connectivity index (χ4v) is 4.64. The number of nitrogens with one attached hydrogen (secondary N) is 1. The lowest BCUT2D eigenvalue weighted by atomic mass is 10.1. The molecule has 0 aromatic carbocycles. The van der Waals surface area contributed by atoms with E-state index in [4.69, 9.17) is 21.1 Å². The first-order valence-electron chi connectivity index (χ1n) is 11.4. The van der Waals surface area contributed by atoms with E-state index in [-0.39, 0.29) is 11.9 Å². The van der Waals surface area contributed by atoms with Gasteiger partial charge in [0.25, 0.3) is 5.91 Å². The minimum Gasteiger partial charge on any atom is -0.481 e. The Labute approximate surface area is 213 Å². The van der Waals surface area contributed by atoms with Crippen molar-refractivity contribution < 1.29 is 14.3 Å². The van der Waals surface area contributed by atoms with Crippen LogP contribution in [0.3, 0.4) is 0 Å². The molecule has 1 atom stereocenters. The molecule has 5 rings (SSSR count). The van der Waals surface area contributed by atoms with Gasteiger partial charge in [-0.1, -0.05) is 17.7 Å². The second kappa shape index (κ2) is 10.00. The lowest BCUT2D eigenvalue weighted by Crippen LogP contribution is -2.49. The predicted octanol–water partition coefficient (Wildman–Crippen LogP) is 3.76. The summed E-state index contributed by atoms with van der Waals surface area (Å²) in [4.78, 5) is 24.1. The molecule has 5 heterocycles. The number of anilines is 2. The van der Waals surface area contributed by atoms with Gasteiger partial charge in [0.05, 0.1) is 37.5 Å². The number of halogens is 1. The van der Waals surface area contributed by atoms with Crippen LogP contribution in [0.2, 0.25) is 5.02 Å². The summed E-state index contributed by atoms with van der Waals surface area (Å²) in [6.07, 6.45) is 6.92. The van der Waals surface area contributed by atoms with Gasteiger partial charge in [0.15, 0.2) is 0 Å². The van der Waals surface area contributed by atoms with Gasteiger partial charge in [0.2, 0.25) is 5.88 Å². The van der Waals surface area contributed by atoms with Gasteiger partial charge in [0.1, 0.15) is 17.3 Å². The molecule has 4 aromatic rings. The second-order valence-corrected chi connectivity index (χ2v) is 8.90. The number of methoxy groups -OCH3 is 2. The van der Waals surface area contributed by atoms with E-state index >= 15 is 0 Å². The van der Waals surface area contributed by atoms with Gasteiger partial charge in [-0.2, -0.15) is 5.10 Å². The SMILES string of the molecule is COC[C@H]1Cn2cc(-c3cc(Nc4ccnn4C)ncc3Cl)cc2C(=O)N1Cc1cccnc1OC. The first-order chi connectivity index (χ1) is 17.5. The van der Waals surface area contributed by atoms with Crippen LogP contribution < -0.4 is 10.1 Å². The quantitative estimate of drug-likeness (QED) is 0.387. The van der Waals surface area contributed by atoms with Crippen LogP contribution in [-0.2, 0) is 24.9 Å². The largest absolute Gasteiger partial charge is 0.481 e. The molecule has 0 fully saturated rings. The third-order valence-electron chi connectivity index (χ3n) is 6.21. The van der Waals surface area contributed by atoms with Crippen LogP contribution in [-0.4, -0.2) is 62.0 Å². The van der Waals surface area contributed by atoms with Crippen molar-refractivity contribution in [2.24, 2.45) is 7.05 Å². The number of carbonyl (C=O) groups is 1. The van der Waals surface area contributed by atoms with Crippen molar-refractivity contribution >= 4 is 29.1 Å². The highest BCUT2D eigenvalue weighted by Gasteiger charge is 2.34. The average molecular weight is 508 g/mol. The van der Waals surface area contributed by atoms with Crippen LogP contribution in [0, 0.1) is 0 Å². The summed E-state index contributed by atoms with van der Waals surface area (Å²) < 4.78 is 14.5. The number of hydrogen-bond acceptors (Lipinski definition) is 7. The minimum absolute atomic E-state index is 0.0983. The number of amides is 1. The summed E-state index contributed by atoms with van der Waals surface area (Å²) >= 11 is 6.54. The lowest BCUT2D eigenvalue weighted by Gasteiger charge is -2.36. The Balaban J connectivity index is 1.47. The minimum atomic E-state index is -0.157. The van der Waals surface area contributed by atoms with Crippen molar-refractivity contribution in [3.05, 3.63) is 71.4 Å². The molecular weight excluding hydrogens is 482 g/mol. The van der Waals surface area contributed by atoms with Crippen LogP contribution in [0.5, 0.6) is 5.88 Å². The Morgan fingerprint density at radius 2 is 2.06 bits per heavy atom. The van der Waals surface area contributed by atoms with E-state index in [2.05, 4.69) is 20.4 Å². The maximum Gasteiger partial charge on any atom is 0.271 e. The lowest BCUT2D eigenvalue weighted by molar-refractivity contribution is 0.0386. The van der Waals surface area contributed by atoms with E-state index in [9.17, 15) is 4.79 Å². The molecule has 0 bridgehead atoms. The van der Waals surface area contributed by atoms with Crippen LogP contribution >= 0.6 is 11.6 Å². The number of fused-ring (bicyclic) bond motifs is 1. The summed E-state index contributed by atoms with van der Waals surface area (Å²) in [6, 6.07) is 9.18. The number of aryl methyl sites for hydroxylation is 1. The van der Waals surface area contributed by atoms with Gasteiger partial charge in [0, 0.05) is 62.0 Å². The van der Waals surface area contributed by atoms with Crippen molar-refractivity contribution in [1.29, 1.82) is 0 Å². The number of hydrogen-bond donors (Lipinski definition) is 1. The maximum absolute atomic E-state index is 13.7. The number of ether oxygens (including phenoxy) is 2. The topological polar surface area (TPSA) is 99.3 Å². The Kier molecular flexibility index (Phi) is 6.62. The van der Waals surface area contributed by atoms with Crippen molar-refractivity contribution in [3.8, 4) is 17.0 Å². The fourth-order valence-electron chi connectivity index (χ4n) is 4.43. The summed E-state index contributed by atoms with van der Waals surface area (Å²) in [6.45, 7) is 1.34. The molecule has 0 saturated heterocycles. The normalized spacial score (nSPS) is 15.2. The first kappa shape index (κ1) is 23.8. The Bertz CT molecular complexity index is 1400. The van der Waals surface area contributed by atoms with Crippen molar-refractivity contribution in [2.75, 3.05) is 26.1 Å². The van der Waals surface area contributed by atoms with Gasteiger partial charge in [-0.05, 0) is 18.2 Å². The molecule has 0 spiro atoms. The molecule has 0 aliphatic carbocycles. The highest BCUT2D eigenvalue weighted by molar-refractivity contribution is 6.33. The molecule has 1 amide bonds. The maximum atomic E-state index is 13.7. The molecule has 11 heteroatoms. The van der Waals surface area contributed by atoms with Crippen LogP contribution in [0.1, 0.15) is 16.1 Å². The highest BCUT2D eigenvalue weighted by atomic mass is 35.5. The van der Waals surface area contributed by atoms with Gasteiger partial charge >= 0.3 is 0 Å². The zero-order valence-electron chi connectivity index (χ0n) is 20.2. The summed E-state index contributed by atoms with van der Waals surface area (Å²) in [5.41, 5.74) is 3.01. The highest BCUT2D eigenvalue weighted by Crippen LogP contribution is 2.34. The van der Waals surface area contributed by atoms with Crippen LogP contribution in [0.25, 0.3) is 11.1 Å². The molecule has 0 unspecified atom stereocenters. The first-order valence-corrected chi connectivity index (χ1v) is 11.7. The second-order valence-electron chi connectivity index (χ2n) is 8.49. The third-order valence-corrected chi connectivity index (χ3v) is 6.51. The molecule has 1 N–H and O–H groups in total. The molecule has 4 aromatic heterocycles. The Morgan fingerprint density at radius 1 is 1.19 bits per heavy atom. The standard InChI is InChI=1S/C25H26ClN7O3/c1-31-23(6-8-29-31)30-22-10-19(20(26)11-28-22)17-9-21-25(34)33(18(15-35-2)14-32(21)12-17)13-16-5-4-7-27-24(16)36-3/h4-12,18H,13-15H2,1-3H3,(H,28,30)/t18-/m1/s1. The van der Waals surface area contributed by atoms with E-state index in [0.29, 0.717) is 42.1 Å². The van der Waals surface area contributed by atoms with Gasteiger partial charge in [-0.15, -0.1) is 0 Å². The fraction of sp³-hybridized carbons (Fsp3) is 0.280. The zero-order chi connectivity index (χ0) is 25.2. The van der Waals surface area contributed by atoms with E-state index in [1.807, 2.05) is 53.0 Å². The number of pyridine rings is 2. The smallest absolute Gasteiger partial charge is 0.271 e. The van der Waals surface area contributed by atoms with Crippen LogP contribution in [0.4, 0.5) is 11.6 Å². The predicted molar refractivity (Wildman–Crippen MR) is 135 cm³/mol. The molecule has 1 aliphatic rings. The van der Waals surface area contributed by atoms with E-state index in [0.717, 1.165) is 22.5 Å². The average Bonchev–Trinajstić information content (AvgIpc) is 3.49. The molecule has 10 nitrogen and oxygen atoms in total. The molecule has 1 aliphatic heterocycles. The van der Waals surface area contributed by atoms with E-state index < -0.39 is 0 Å². The third kappa shape index (κ3) is 4.52. The molecule has 186 valence electrons. The number of carbonyl (C=O) groups excluding carboxylic acids is 1. The number of rotatable bonds is 8.